The second kappa shape index (κ2) is 10.2. The summed E-state index contributed by atoms with van der Waals surface area (Å²) in [5, 5.41) is 4.71. The lowest BCUT2D eigenvalue weighted by Crippen LogP contribution is -2.43. The van der Waals surface area contributed by atoms with Crippen molar-refractivity contribution in [1.82, 2.24) is 9.62 Å². The molecule has 28 heavy (non-hydrogen) atoms. The maximum atomic E-state index is 12.5. The lowest BCUT2D eigenvalue weighted by molar-refractivity contribution is -0.126. The van der Waals surface area contributed by atoms with E-state index in [4.69, 9.17) is 4.74 Å². The van der Waals surface area contributed by atoms with Gasteiger partial charge in [-0.25, -0.2) is 8.42 Å². The number of ether oxygens (including phenoxy) is 1. The Morgan fingerprint density at radius 2 is 1.89 bits per heavy atom. The smallest absolute Gasteiger partial charge is 0.252 e. The summed E-state index contributed by atoms with van der Waals surface area (Å²) in [7, 11) is -3.41. The molecule has 8 heteroatoms. The van der Waals surface area contributed by atoms with Gasteiger partial charge in [0.05, 0.1) is 6.61 Å². The zero-order valence-electron chi connectivity index (χ0n) is 15.7. The fraction of sp³-hybridized carbons (Fsp3) is 0.450. The van der Waals surface area contributed by atoms with Gasteiger partial charge in [0, 0.05) is 32.2 Å². The van der Waals surface area contributed by atoms with Crippen LogP contribution in [0.25, 0.3) is 0 Å². The Labute approximate surface area is 170 Å². The normalized spacial score (nSPS) is 16.1. The van der Waals surface area contributed by atoms with Crippen LogP contribution in [0.1, 0.15) is 24.8 Å². The number of carbonyl (C=O) groups excluding carboxylic acids is 1. The van der Waals surface area contributed by atoms with Gasteiger partial charge in [0.15, 0.2) is 0 Å². The largest absolute Gasteiger partial charge is 0.377 e. The first-order valence-electron chi connectivity index (χ1n) is 9.50. The van der Waals surface area contributed by atoms with Crippen LogP contribution in [0, 0.1) is 5.92 Å². The van der Waals surface area contributed by atoms with Gasteiger partial charge >= 0.3 is 0 Å². The highest BCUT2D eigenvalue weighted by Crippen LogP contribution is 2.26. The predicted molar refractivity (Wildman–Crippen MR) is 110 cm³/mol. The van der Waals surface area contributed by atoms with Gasteiger partial charge in [-0.05, 0) is 36.3 Å². The average Bonchev–Trinajstić information content (AvgIpc) is 3.27. The molecule has 1 aromatic carbocycles. The molecule has 0 atom stereocenters. The average molecular weight is 423 g/mol. The predicted octanol–water partition coefficient (Wildman–Crippen LogP) is 2.87. The molecule has 1 aromatic heterocycles. The summed E-state index contributed by atoms with van der Waals surface area (Å²) in [6.45, 7) is 2.51. The van der Waals surface area contributed by atoms with E-state index in [-0.39, 0.29) is 11.8 Å². The lowest BCUT2D eigenvalue weighted by atomic mass is 9.97. The molecule has 0 unspecified atom stereocenters. The molecule has 1 fully saturated rings. The third-order valence-corrected chi connectivity index (χ3v) is 8.06. The molecule has 3 rings (SSSR count). The number of piperidine rings is 1. The van der Waals surface area contributed by atoms with E-state index in [9.17, 15) is 13.2 Å². The molecule has 0 saturated carbocycles. The fourth-order valence-electron chi connectivity index (χ4n) is 3.19. The molecule has 0 aliphatic carbocycles. The zero-order chi connectivity index (χ0) is 19.8. The van der Waals surface area contributed by atoms with Gasteiger partial charge in [-0.3, -0.25) is 4.79 Å². The van der Waals surface area contributed by atoms with Gasteiger partial charge in [0.2, 0.25) is 5.91 Å². The molecule has 1 saturated heterocycles. The van der Waals surface area contributed by atoms with Gasteiger partial charge in [-0.15, -0.1) is 11.3 Å². The van der Waals surface area contributed by atoms with Crippen molar-refractivity contribution >= 4 is 27.3 Å². The number of nitrogens with one attached hydrogen (secondary N) is 1. The number of rotatable bonds is 9. The highest BCUT2D eigenvalue weighted by molar-refractivity contribution is 7.91. The lowest BCUT2D eigenvalue weighted by Gasteiger charge is -2.30. The summed E-state index contributed by atoms with van der Waals surface area (Å²) in [4.78, 5) is 12.3. The Hall–Kier alpha value is -1.74. The van der Waals surface area contributed by atoms with E-state index in [1.54, 1.807) is 17.5 Å². The van der Waals surface area contributed by atoms with Crippen molar-refractivity contribution in [2.45, 2.75) is 30.1 Å². The van der Waals surface area contributed by atoms with Crippen molar-refractivity contribution in [2.24, 2.45) is 5.92 Å². The van der Waals surface area contributed by atoms with Gasteiger partial charge in [-0.2, -0.15) is 4.31 Å². The first kappa shape index (κ1) is 21.0. The summed E-state index contributed by atoms with van der Waals surface area (Å²) < 4.78 is 32.5. The Bertz CT molecular complexity index is 830. The molecule has 152 valence electrons. The molecule has 1 aliphatic heterocycles. The fourth-order valence-corrected chi connectivity index (χ4v) is 5.80. The third kappa shape index (κ3) is 5.64. The molecular formula is C20H26N2O4S2. The van der Waals surface area contributed by atoms with Crippen LogP contribution >= 0.6 is 11.3 Å². The van der Waals surface area contributed by atoms with Gasteiger partial charge < -0.3 is 10.1 Å². The molecule has 0 spiro atoms. The first-order valence-corrected chi connectivity index (χ1v) is 11.8. The summed E-state index contributed by atoms with van der Waals surface area (Å²) in [5.41, 5.74) is 1.13. The Kier molecular flexibility index (Phi) is 7.61. The molecule has 0 bridgehead atoms. The monoisotopic (exact) mass is 422 g/mol. The third-order valence-electron chi connectivity index (χ3n) is 4.79. The molecule has 1 N–H and O–H groups in total. The standard InChI is InChI=1S/C20H26N2O4S2/c23-20(21-11-5-14-26-16-17-6-2-1-3-7-17)18-9-12-22(13-10-18)28(24,25)19-8-4-15-27-19/h1-4,6-8,15,18H,5,9-14,16H2,(H,21,23). The number of hydrogen-bond acceptors (Lipinski definition) is 5. The van der Waals surface area contributed by atoms with E-state index in [0.717, 1.165) is 12.0 Å². The van der Waals surface area contributed by atoms with Gasteiger partial charge in [-0.1, -0.05) is 36.4 Å². The maximum absolute atomic E-state index is 12.5. The minimum atomic E-state index is -3.41. The maximum Gasteiger partial charge on any atom is 0.252 e. The molecule has 2 heterocycles. The van der Waals surface area contributed by atoms with E-state index in [1.165, 1.54) is 15.6 Å². The number of nitrogens with zero attached hydrogens (tertiary/aromatic N) is 1. The van der Waals surface area contributed by atoms with Crippen LogP contribution < -0.4 is 5.32 Å². The number of amides is 1. The minimum Gasteiger partial charge on any atom is -0.377 e. The molecule has 1 amide bonds. The van der Waals surface area contributed by atoms with Crippen molar-refractivity contribution in [3.8, 4) is 0 Å². The molecule has 1 aliphatic rings. The minimum absolute atomic E-state index is 0.0104. The van der Waals surface area contributed by atoms with Crippen LogP contribution in [0.5, 0.6) is 0 Å². The van der Waals surface area contributed by atoms with E-state index in [1.807, 2.05) is 30.3 Å². The second-order valence-electron chi connectivity index (χ2n) is 6.79. The topological polar surface area (TPSA) is 75.7 Å². The van der Waals surface area contributed by atoms with Crippen molar-refractivity contribution in [3.63, 3.8) is 0 Å². The highest BCUT2D eigenvalue weighted by atomic mass is 32.2. The number of carbonyl (C=O) groups is 1. The van der Waals surface area contributed by atoms with Crippen LogP contribution in [-0.4, -0.2) is 44.9 Å². The molecule has 2 aromatic rings. The molecule has 0 radical (unpaired) electrons. The van der Waals surface area contributed by atoms with Gasteiger partial charge in [0.1, 0.15) is 4.21 Å². The SMILES string of the molecule is O=C(NCCCOCc1ccccc1)C1CCN(S(=O)(=O)c2cccs2)CC1. The number of thiophene rings is 1. The number of sulfonamides is 1. The highest BCUT2D eigenvalue weighted by Gasteiger charge is 2.32. The van der Waals surface area contributed by atoms with Crippen LogP contribution in [0.15, 0.2) is 52.1 Å². The van der Waals surface area contributed by atoms with Crippen molar-refractivity contribution in [1.29, 1.82) is 0 Å². The Morgan fingerprint density at radius 1 is 1.14 bits per heavy atom. The molecule has 6 nitrogen and oxygen atoms in total. The summed E-state index contributed by atoms with van der Waals surface area (Å²) in [6.07, 6.45) is 1.87. The number of hydrogen-bond donors (Lipinski definition) is 1. The van der Waals surface area contributed by atoms with Crippen molar-refractivity contribution in [2.75, 3.05) is 26.2 Å². The van der Waals surface area contributed by atoms with Crippen molar-refractivity contribution < 1.29 is 17.9 Å². The van der Waals surface area contributed by atoms with Crippen LogP contribution in [0.3, 0.4) is 0 Å². The first-order chi connectivity index (χ1) is 13.6. The van der Waals surface area contributed by atoms with Crippen LogP contribution in [-0.2, 0) is 26.2 Å². The van der Waals surface area contributed by atoms with E-state index < -0.39 is 10.0 Å². The Balaban J connectivity index is 1.32. The van der Waals surface area contributed by atoms with Gasteiger partial charge in [0.25, 0.3) is 10.0 Å². The van der Waals surface area contributed by atoms with E-state index >= 15 is 0 Å². The second-order valence-corrected chi connectivity index (χ2v) is 9.91. The summed E-state index contributed by atoms with van der Waals surface area (Å²) in [5.74, 6) is -0.115. The summed E-state index contributed by atoms with van der Waals surface area (Å²) >= 11 is 1.23. The van der Waals surface area contributed by atoms with Crippen LogP contribution in [0.2, 0.25) is 0 Å². The number of benzene rings is 1. The Morgan fingerprint density at radius 3 is 2.57 bits per heavy atom. The van der Waals surface area contributed by atoms with Crippen LogP contribution in [0.4, 0.5) is 0 Å². The zero-order valence-corrected chi connectivity index (χ0v) is 17.4. The van der Waals surface area contributed by atoms with E-state index in [0.29, 0.717) is 49.9 Å². The quantitative estimate of drug-likeness (QED) is 0.631. The summed E-state index contributed by atoms with van der Waals surface area (Å²) in [6, 6.07) is 13.3. The molecular weight excluding hydrogens is 396 g/mol. The van der Waals surface area contributed by atoms with Crippen molar-refractivity contribution in [3.05, 3.63) is 53.4 Å². The van der Waals surface area contributed by atoms with E-state index in [2.05, 4.69) is 5.32 Å².